The molecule has 0 aromatic carbocycles. The lowest BCUT2D eigenvalue weighted by molar-refractivity contribution is 1.60. The van der Waals surface area contributed by atoms with Crippen LogP contribution in [0.25, 0.3) is 0 Å². The first-order valence-electron chi connectivity index (χ1n) is 1.13. The molecule has 30 valence electrons. The van der Waals surface area contributed by atoms with Crippen molar-refractivity contribution in [1.29, 1.82) is 5.41 Å². The number of thiol groups is 1. The summed E-state index contributed by atoms with van der Waals surface area (Å²) in [4.78, 5) is 0. The Kier molecular flexibility index (Phi) is 4.69. The summed E-state index contributed by atoms with van der Waals surface area (Å²) < 4.78 is 0. The summed E-state index contributed by atoms with van der Waals surface area (Å²) in [6, 6.07) is 0. The quantitative estimate of drug-likeness (QED) is 0.236. The fourth-order valence-corrected chi connectivity index (χ4v) is 0.335. The molecular formula is C2H5NS2. The third kappa shape index (κ3) is 4.37. The molecule has 0 saturated heterocycles. The van der Waals surface area contributed by atoms with Crippen LogP contribution in [0, 0.1) is 5.41 Å². The minimum atomic E-state index is 0.712. The van der Waals surface area contributed by atoms with Crippen LogP contribution in [0.15, 0.2) is 0 Å². The average molecular weight is 107 g/mol. The second-order valence-electron chi connectivity index (χ2n) is 0.414. The standard InChI is InChI=1S/C2H5NS2/c3-1-5-2-4/h1,3-4H,2H2. The summed E-state index contributed by atoms with van der Waals surface area (Å²) in [5.41, 5.74) is 1.27. The third-order valence-corrected chi connectivity index (χ3v) is 0.921. The molecule has 5 heavy (non-hydrogen) atoms. The van der Waals surface area contributed by atoms with Gasteiger partial charge in [-0.3, -0.25) is 0 Å². The van der Waals surface area contributed by atoms with Crippen molar-refractivity contribution in [3.05, 3.63) is 0 Å². The first-order chi connectivity index (χ1) is 2.41. The van der Waals surface area contributed by atoms with Crippen molar-refractivity contribution in [3.63, 3.8) is 0 Å². The topological polar surface area (TPSA) is 23.9 Å². The predicted molar refractivity (Wildman–Crippen MR) is 30.2 cm³/mol. The zero-order valence-corrected chi connectivity index (χ0v) is 4.35. The molecule has 0 bridgehead atoms. The molecule has 0 aromatic rings. The van der Waals surface area contributed by atoms with Crippen molar-refractivity contribution >= 4 is 29.9 Å². The maximum Gasteiger partial charge on any atom is 0.0514 e. The van der Waals surface area contributed by atoms with E-state index in [2.05, 4.69) is 12.6 Å². The van der Waals surface area contributed by atoms with Gasteiger partial charge in [0.2, 0.25) is 0 Å². The van der Waals surface area contributed by atoms with E-state index in [1.165, 1.54) is 17.3 Å². The Morgan fingerprint density at radius 3 is 2.60 bits per heavy atom. The molecule has 0 aliphatic heterocycles. The molecule has 0 radical (unpaired) electrons. The number of hydrogen-bond donors (Lipinski definition) is 2. The maximum atomic E-state index is 6.39. The number of hydrogen-bond acceptors (Lipinski definition) is 3. The van der Waals surface area contributed by atoms with Crippen molar-refractivity contribution in [2.24, 2.45) is 0 Å². The van der Waals surface area contributed by atoms with E-state index < -0.39 is 0 Å². The predicted octanol–water partition coefficient (Wildman–Crippen LogP) is 1.21. The number of thioether (sulfide) groups is 1. The van der Waals surface area contributed by atoms with Gasteiger partial charge in [0.25, 0.3) is 0 Å². The maximum absolute atomic E-state index is 6.39. The van der Waals surface area contributed by atoms with Crippen LogP contribution >= 0.6 is 24.4 Å². The Bertz CT molecular complexity index is 28.8. The van der Waals surface area contributed by atoms with Crippen molar-refractivity contribution in [2.45, 2.75) is 0 Å². The highest BCUT2D eigenvalue weighted by Gasteiger charge is 1.63. The molecule has 0 atom stereocenters. The van der Waals surface area contributed by atoms with Crippen LogP contribution in [0.2, 0.25) is 0 Å². The molecule has 0 saturated carbocycles. The third-order valence-electron chi connectivity index (χ3n) is 0.158. The highest BCUT2D eigenvalue weighted by molar-refractivity contribution is 8.18. The van der Waals surface area contributed by atoms with E-state index >= 15 is 0 Å². The van der Waals surface area contributed by atoms with Crippen LogP contribution in [-0.4, -0.2) is 10.6 Å². The molecule has 0 rings (SSSR count). The molecule has 0 unspecified atom stereocenters. The molecule has 0 aromatic heterocycles. The second-order valence-corrected chi connectivity index (χ2v) is 2.02. The zero-order chi connectivity index (χ0) is 4.12. The molecule has 0 aliphatic rings. The molecule has 1 N–H and O–H groups in total. The van der Waals surface area contributed by atoms with Gasteiger partial charge in [-0.2, -0.15) is 12.6 Å². The van der Waals surface area contributed by atoms with Gasteiger partial charge in [-0.05, 0) is 0 Å². The van der Waals surface area contributed by atoms with E-state index in [4.69, 9.17) is 5.41 Å². The normalized spacial score (nSPS) is 7.40. The van der Waals surface area contributed by atoms with Crippen molar-refractivity contribution < 1.29 is 0 Å². The van der Waals surface area contributed by atoms with Crippen LogP contribution in [0.3, 0.4) is 0 Å². The van der Waals surface area contributed by atoms with E-state index in [1.807, 2.05) is 0 Å². The van der Waals surface area contributed by atoms with Gasteiger partial charge in [0.15, 0.2) is 0 Å². The summed E-state index contributed by atoms with van der Waals surface area (Å²) in [7, 11) is 0. The van der Waals surface area contributed by atoms with Crippen LogP contribution in [-0.2, 0) is 0 Å². The lowest BCUT2D eigenvalue weighted by Gasteiger charge is -1.71. The molecular weight excluding hydrogens is 102 g/mol. The number of nitrogens with one attached hydrogen (secondary N) is 1. The van der Waals surface area contributed by atoms with Gasteiger partial charge in [-0.1, -0.05) is 0 Å². The van der Waals surface area contributed by atoms with Gasteiger partial charge < -0.3 is 5.41 Å². The number of rotatable bonds is 2. The van der Waals surface area contributed by atoms with E-state index in [9.17, 15) is 0 Å². The van der Waals surface area contributed by atoms with Gasteiger partial charge >= 0.3 is 0 Å². The minimum Gasteiger partial charge on any atom is -0.302 e. The molecule has 0 amide bonds. The fraction of sp³-hybridized carbons (Fsp3) is 0.500. The monoisotopic (exact) mass is 107 g/mol. The Balaban J connectivity index is 2.40. The summed E-state index contributed by atoms with van der Waals surface area (Å²) in [5.74, 6) is 0. The Labute approximate surface area is 41.1 Å². The lowest BCUT2D eigenvalue weighted by atomic mass is 11.7. The molecule has 0 spiro atoms. The van der Waals surface area contributed by atoms with Crippen LogP contribution in [0.1, 0.15) is 0 Å². The molecule has 0 aliphatic carbocycles. The van der Waals surface area contributed by atoms with Crippen molar-refractivity contribution in [2.75, 3.05) is 5.08 Å². The van der Waals surface area contributed by atoms with Crippen LogP contribution in [0.5, 0.6) is 0 Å². The van der Waals surface area contributed by atoms with Crippen molar-refractivity contribution in [3.8, 4) is 0 Å². The molecule has 1 nitrogen and oxygen atoms in total. The average Bonchev–Trinajstić information content (AvgIpc) is 1.41. The first-order valence-corrected chi connectivity index (χ1v) is 2.81. The van der Waals surface area contributed by atoms with E-state index in [0.717, 1.165) is 0 Å². The highest BCUT2D eigenvalue weighted by Crippen LogP contribution is 1.92. The minimum absolute atomic E-state index is 0.712. The summed E-state index contributed by atoms with van der Waals surface area (Å²) in [5, 5.41) is 7.10. The molecule has 0 fully saturated rings. The van der Waals surface area contributed by atoms with Gasteiger partial charge in [-0.15, -0.1) is 11.8 Å². The van der Waals surface area contributed by atoms with Gasteiger partial charge in [0.1, 0.15) is 0 Å². The first kappa shape index (κ1) is 5.37. The molecule has 3 heteroatoms. The lowest BCUT2D eigenvalue weighted by Crippen LogP contribution is -1.54. The fourth-order valence-electron chi connectivity index (χ4n) is 0.0373. The Hall–Kier alpha value is 0.370. The summed E-state index contributed by atoms with van der Waals surface area (Å²) in [6.07, 6.45) is 0. The highest BCUT2D eigenvalue weighted by atomic mass is 32.2. The van der Waals surface area contributed by atoms with E-state index in [-0.39, 0.29) is 0 Å². The van der Waals surface area contributed by atoms with Crippen LogP contribution < -0.4 is 0 Å². The van der Waals surface area contributed by atoms with E-state index in [0.29, 0.717) is 5.08 Å². The van der Waals surface area contributed by atoms with Crippen LogP contribution in [0.4, 0.5) is 0 Å². The smallest absolute Gasteiger partial charge is 0.0514 e. The second kappa shape index (κ2) is 4.37. The van der Waals surface area contributed by atoms with Gasteiger partial charge in [0.05, 0.1) is 5.55 Å². The summed E-state index contributed by atoms with van der Waals surface area (Å²) >= 11 is 5.18. The zero-order valence-electron chi connectivity index (χ0n) is 2.64. The molecule has 0 heterocycles. The Morgan fingerprint density at radius 2 is 2.60 bits per heavy atom. The SMILES string of the molecule is N=CSCS. The Morgan fingerprint density at radius 1 is 2.00 bits per heavy atom. The van der Waals surface area contributed by atoms with Gasteiger partial charge in [0, 0.05) is 5.08 Å². The summed E-state index contributed by atoms with van der Waals surface area (Å²) in [6.45, 7) is 0. The van der Waals surface area contributed by atoms with Gasteiger partial charge in [-0.25, -0.2) is 0 Å². The van der Waals surface area contributed by atoms with E-state index in [1.54, 1.807) is 0 Å². The largest absolute Gasteiger partial charge is 0.302 e. The van der Waals surface area contributed by atoms with Crippen molar-refractivity contribution in [1.82, 2.24) is 0 Å².